The summed E-state index contributed by atoms with van der Waals surface area (Å²) in [4.78, 5) is 29.7. The van der Waals surface area contributed by atoms with E-state index < -0.39 is 0 Å². The summed E-state index contributed by atoms with van der Waals surface area (Å²) >= 11 is 0. The normalized spacial score (nSPS) is 16.4. The highest BCUT2D eigenvalue weighted by molar-refractivity contribution is 6.19. The lowest BCUT2D eigenvalue weighted by molar-refractivity contribution is -0.116. The van der Waals surface area contributed by atoms with Gasteiger partial charge in [-0.05, 0) is 19.1 Å². The van der Waals surface area contributed by atoms with Crippen molar-refractivity contribution >= 4 is 17.6 Å². The number of urea groups is 1. The van der Waals surface area contributed by atoms with Gasteiger partial charge in [0.1, 0.15) is 6.54 Å². The van der Waals surface area contributed by atoms with Gasteiger partial charge in [-0.25, -0.2) is 9.69 Å². The lowest BCUT2D eigenvalue weighted by Crippen LogP contribution is -2.31. The second-order valence-electron chi connectivity index (χ2n) is 3.53. The first-order valence-corrected chi connectivity index (χ1v) is 4.60. The third-order valence-corrected chi connectivity index (χ3v) is 2.29. The number of anilines is 1. The van der Waals surface area contributed by atoms with Crippen LogP contribution in [0.25, 0.3) is 0 Å². The molecular formula is C10H11N3O2. The smallest absolute Gasteiger partial charge is 0.318 e. The molecule has 1 saturated heterocycles. The second kappa shape index (κ2) is 3.34. The first-order chi connectivity index (χ1) is 7.09. The third kappa shape index (κ3) is 1.56. The molecule has 0 spiro atoms. The van der Waals surface area contributed by atoms with Crippen LogP contribution in [0.2, 0.25) is 0 Å². The molecule has 1 aromatic rings. The molecule has 0 bridgehead atoms. The zero-order valence-corrected chi connectivity index (χ0v) is 8.60. The van der Waals surface area contributed by atoms with Crippen LogP contribution in [0.3, 0.4) is 0 Å². The predicted octanol–water partition coefficient (Wildman–Crippen LogP) is 0.788. The number of imide groups is 1. The summed E-state index contributed by atoms with van der Waals surface area (Å²) in [5, 5.41) is 0. The molecule has 2 rings (SSSR count). The SMILES string of the molecule is Cc1ccc(N2C(=O)CN(C)C2=O)cn1. The fourth-order valence-corrected chi connectivity index (χ4v) is 1.47. The maximum Gasteiger partial charge on any atom is 0.331 e. The Balaban J connectivity index is 2.35. The summed E-state index contributed by atoms with van der Waals surface area (Å²) in [6.45, 7) is 1.98. The van der Waals surface area contributed by atoms with E-state index in [0.717, 1.165) is 10.6 Å². The summed E-state index contributed by atoms with van der Waals surface area (Å²) in [6, 6.07) is 3.19. The number of carbonyl (C=O) groups is 2. The van der Waals surface area contributed by atoms with Crippen molar-refractivity contribution in [1.29, 1.82) is 0 Å². The van der Waals surface area contributed by atoms with Crippen LogP contribution in [0.5, 0.6) is 0 Å². The Morgan fingerprint density at radius 1 is 1.33 bits per heavy atom. The standard InChI is InChI=1S/C10H11N3O2/c1-7-3-4-8(5-11-7)13-9(14)6-12(2)10(13)15/h3-5H,6H2,1-2H3. The molecule has 0 unspecified atom stereocenters. The van der Waals surface area contributed by atoms with Crippen LogP contribution in [0.15, 0.2) is 18.3 Å². The quantitative estimate of drug-likeness (QED) is 0.637. The lowest BCUT2D eigenvalue weighted by atomic mass is 10.3. The van der Waals surface area contributed by atoms with Crippen LogP contribution < -0.4 is 4.90 Å². The Bertz CT molecular complexity index is 413. The number of aromatic nitrogens is 1. The number of carbonyl (C=O) groups excluding carboxylic acids is 2. The van der Waals surface area contributed by atoms with Gasteiger partial charge in [0.25, 0.3) is 5.91 Å². The number of aryl methyl sites for hydroxylation is 1. The molecular weight excluding hydrogens is 194 g/mol. The Morgan fingerprint density at radius 3 is 2.53 bits per heavy atom. The molecule has 5 nitrogen and oxygen atoms in total. The number of pyridine rings is 1. The molecule has 1 fully saturated rings. The van der Waals surface area contributed by atoms with Crippen LogP contribution >= 0.6 is 0 Å². The lowest BCUT2D eigenvalue weighted by Gasteiger charge is -2.13. The van der Waals surface area contributed by atoms with E-state index in [0.29, 0.717) is 5.69 Å². The first kappa shape index (κ1) is 9.64. The molecule has 0 N–H and O–H groups in total. The van der Waals surface area contributed by atoms with Crippen molar-refractivity contribution in [2.24, 2.45) is 0 Å². The van der Waals surface area contributed by atoms with Gasteiger partial charge in [-0.1, -0.05) is 0 Å². The third-order valence-electron chi connectivity index (χ3n) is 2.29. The van der Waals surface area contributed by atoms with Crippen molar-refractivity contribution in [3.8, 4) is 0 Å². The first-order valence-electron chi connectivity index (χ1n) is 4.60. The highest BCUT2D eigenvalue weighted by Gasteiger charge is 2.34. The number of rotatable bonds is 1. The molecule has 0 aliphatic carbocycles. The van der Waals surface area contributed by atoms with Crippen molar-refractivity contribution in [1.82, 2.24) is 9.88 Å². The Labute approximate surface area is 87.3 Å². The Kier molecular flexibility index (Phi) is 2.15. The number of hydrogen-bond donors (Lipinski definition) is 0. The molecule has 1 aromatic heterocycles. The van der Waals surface area contributed by atoms with Crippen LogP contribution in [0.1, 0.15) is 5.69 Å². The average molecular weight is 205 g/mol. The molecule has 0 atom stereocenters. The molecule has 2 heterocycles. The van der Waals surface area contributed by atoms with Crippen LogP contribution in [-0.4, -0.2) is 35.4 Å². The minimum Gasteiger partial charge on any atom is -0.318 e. The molecule has 1 aliphatic heterocycles. The van der Waals surface area contributed by atoms with Crippen molar-refractivity contribution < 1.29 is 9.59 Å². The number of likely N-dealkylation sites (N-methyl/N-ethyl adjacent to an activating group) is 1. The van der Waals surface area contributed by atoms with Gasteiger partial charge in [-0.2, -0.15) is 0 Å². The molecule has 0 aromatic carbocycles. The van der Waals surface area contributed by atoms with E-state index in [4.69, 9.17) is 0 Å². The molecule has 1 aliphatic rings. The summed E-state index contributed by atoms with van der Waals surface area (Å²) in [5.74, 6) is -0.215. The van der Waals surface area contributed by atoms with Gasteiger partial charge in [-0.3, -0.25) is 9.78 Å². The topological polar surface area (TPSA) is 53.5 Å². The van der Waals surface area contributed by atoms with Crippen LogP contribution in [-0.2, 0) is 4.79 Å². The van der Waals surface area contributed by atoms with Crippen molar-refractivity contribution in [2.75, 3.05) is 18.5 Å². The minimum atomic E-state index is -0.300. The van der Waals surface area contributed by atoms with Gasteiger partial charge >= 0.3 is 6.03 Å². The van der Waals surface area contributed by atoms with Crippen molar-refractivity contribution in [3.05, 3.63) is 24.0 Å². The largest absolute Gasteiger partial charge is 0.331 e. The monoisotopic (exact) mass is 205 g/mol. The molecule has 78 valence electrons. The number of nitrogens with zero attached hydrogens (tertiary/aromatic N) is 3. The van der Waals surface area contributed by atoms with Gasteiger partial charge in [0.05, 0.1) is 11.9 Å². The molecule has 0 saturated carbocycles. The number of hydrogen-bond acceptors (Lipinski definition) is 3. The van der Waals surface area contributed by atoms with E-state index in [1.807, 2.05) is 6.92 Å². The maximum atomic E-state index is 11.6. The van der Waals surface area contributed by atoms with Gasteiger partial charge in [0.2, 0.25) is 0 Å². The summed E-state index contributed by atoms with van der Waals surface area (Å²) in [6.07, 6.45) is 1.53. The Hall–Kier alpha value is -1.91. The summed E-state index contributed by atoms with van der Waals surface area (Å²) in [5.41, 5.74) is 1.38. The van der Waals surface area contributed by atoms with Gasteiger partial charge in [0, 0.05) is 12.7 Å². The van der Waals surface area contributed by atoms with Crippen molar-refractivity contribution in [2.45, 2.75) is 6.92 Å². The van der Waals surface area contributed by atoms with Crippen LogP contribution in [0, 0.1) is 6.92 Å². The minimum absolute atomic E-state index is 0.132. The molecule has 0 radical (unpaired) electrons. The zero-order chi connectivity index (χ0) is 11.0. The van der Waals surface area contributed by atoms with E-state index in [2.05, 4.69) is 4.98 Å². The average Bonchev–Trinajstić information content (AvgIpc) is 2.44. The van der Waals surface area contributed by atoms with Gasteiger partial charge < -0.3 is 4.90 Å². The van der Waals surface area contributed by atoms with Gasteiger partial charge in [0.15, 0.2) is 0 Å². The highest BCUT2D eigenvalue weighted by Crippen LogP contribution is 2.19. The fourth-order valence-electron chi connectivity index (χ4n) is 1.47. The van der Waals surface area contributed by atoms with E-state index in [-0.39, 0.29) is 18.5 Å². The van der Waals surface area contributed by atoms with E-state index in [9.17, 15) is 9.59 Å². The summed E-state index contributed by atoms with van der Waals surface area (Å²) in [7, 11) is 1.60. The van der Waals surface area contributed by atoms with E-state index in [1.54, 1.807) is 19.2 Å². The van der Waals surface area contributed by atoms with E-state index in [1.165, 1.54) is 11.1 Å². The second-order valence-corrected chi connectivity index (χ2v) is 3.53. The van der Waals surface area contributed by atoms with Gasteiger partial charge in [-0.15, -0.1) is 0 Å². The maximum absolute atomic E-state index is 11.6. The Morgan fingerprint density at radius 2 is 2.07 bits per heavy atom. The number of amides is 3. The molecule has 15 heavy (non-hydrogen) atoms. The summed E-state index contributed by atoms with van der Waals surface area (Å²) < 4.78 is 0. The zero-order valence-electron chi connectivity index (χ0n) is 8.60. The highest BCUT2D eigenvalue weighted by atomic mass is 16.2. The predicted molar refractivity (Wildman–Crippen MR) is 54.5 cm³/mol. The molecule has 5 heteroatoms. The fraction of sp³-hybridized carbons (Fsp3) is 0.300. The van der Waals surface area contributed by atoms with Crippen LogP contribution in [0.4, 0.5) is 10.5 Å². The van der Waals surface area contributed by atoms with E-state index >= 15 is 0 Å². The van der Waals surface area contributed by atoms with Crippen molar-refractivity contribution in [3.63, 3.8) is 0 Å². The molecule has 3 amide bonds.